The molecule has 0 fully saturated rings. The third-order valence-electron chi connectivity index (χ3n) is 1.26. The van der Waals surface area contributed by atoms with E-state index in [0.717, 1.165) is 6.42 Å². The molecule has 0 saturated heterocycles. The molecule has 0 aromatic rings. The van der Waals surface area contributed by atoms with E-state index < -0.39 is 0 Å². The zero-order valence-electron chi connectivity index (χ0n) is 6.65. The lowest BCUT2D eigenvalue weighted by molar-refractivity contribution is 0.201. The van der Waals surface area contributed by atoms with E-state index in [0.29, 0.717) is 6.42 Å². The molecule has 0 N–H and O–H groups in total. The molecule has 0 spiro atoms. The number of hydrogen-bond acceptors (Lipinski definition) is 0. The van der Waals surface area contributed by atoms with E-state index in [1.54, 1.807) is 0 Å². The van der Waals surface area contributed by atoms with Gasteiger partial charge in [0.25, 0.3) is 0 Å². The lowest BCUT2D eigenvalue weighted by atomic mass is 10.2. The van der Waals surface area contributed by atoms with E-state index in [1.807, 2.05) is 0 Å². The van der Waals surface area contributed by atoms with Crippen LogP contribution < -0.4 is 0 Å². The molecular formula is C9H15O. The van der Waals surface area contributed by atoms with Crippen LogP contribution in [0.5, 0.6) is 0 Å². The predicted octanol–water partition coefficient (Wildman–Crippen LogP) is 2.39. The van der Waals surface area contributed by atoms with Crippen molar-refractivity contribution in [3.63, 3.8) is 0 Å². The van der Waals surface area contributed by atoms with Crippen LogP contribution in [0.15, 0.2) is 0 Å². The van der Waals surface area contributed by atoms with Crippen LogP contribution in [-0.4, -0.2) is 6.61 Å². The van der Waals surface area contributed by atoms with E-state index in [2.05, 4.69) is 18.8 Å². The van der Waals surface area contributed by atoms with Gasteiger partial charge in [0.05, 0.1) is 6.61 Å². The maximum atomic E-state index is 9.92. The molecule has 0 rings (SSSR count). The molecule has 10 heavy (non-hydrogen) atoms. The van der Waals surface area contributed by atoms with Crippen LogP contribution in [0.4, 0.5) is 0 Å². The van der Waals surface area contributed by atoms with Crippen LogP contribution in [0.1, 0.15) is 39.0 Å². The Morgan fingerprint density at radius 3 is 2.40 bits per heavy atom. The number of hydrogen-bond donors (Lipinski definition) is 0. The highest BCUT2D eigenvalue weighted by atomic mass is 16.2. The molecule has 0 amide bonds. The van der Waals surface area contributed by atoms with Gasteiger partial charge in [0.15, 0.2) is 0 Å². The van der Waals surface area contributed by atoms with Gasteiger partial charge in [0, 0.05) is 12.8 Å². The normalized spacial score (nSPS) is 8.60. The average molecular weight is 139 g/mol. The Kier molecular flexibility index (Phi) is 8.11. The molecule has 1 radical (unpaired) electrons. The van der Waals surface area contributed by atoms with Crippen molar-refractivity contribution in [1.29, 1.82) is 0 Å². The van der Waals surface area contributed by atoms with Crippen LogP contribution in [0.25, 0.3) is 0 Å². The van der Waals surface area contributed by atoms with E-state index in [9.17, 15) is 5.11 Å². The fourth-order valence-corrected chi connectivity index (χ4v) is 0.691. The molecule has 57 valence electrons. The van der Waals surface area contributed by atoms with Crippen LogP contribution in [0, 0.1) is 11.8 Å². The van der Waals surface area contributed by atoms with Gasteiger partial charge < -0.3 is 0 Å². The predicted molar refractivity (Wildman–Crippen MR) is 42.1 cm³/mol. The summed E-state index contributed by atoms with van der Waals surface area (Å²) in [7, 11) is 0. The van der Waals surface area contributed by atoms with Gasteiger partial charge in [-0.15, -0.1) is 11.8 Å². The van der Waals surface area contributed by atoms with Crippen LogP contribution in [-0.2, 0) is 5.11 Å². The Bertz CT molecular complexity index is 108. The fraction of sp³-hybridized carbons (Fsp3) is 0.778. The van der Waals surface area contributed by atoms with Crippen LogP contribution in [0.2, 0.25) is 0 Å². The van der Waals surface area contributed by atoms with E-state index in [4.69, 9.17) is 0 Å². The first-order valence-corrected chi connectivity index (χ1v) is 3.95. The lowest BCUT2D eigenvalue weighted by Gasteiger charge is -1.87. The lowest BCUT2D eigenvalue weighted by Crippen LogP contribution is -1.74. The monoisotopic (exact) mass is 139 g/mol. The largest absolute Gasteiger partial charge is 0.236 e. The highest BCUT2D eigenvalue weighted by Crippen LogP contribution is 1.96. The van der Waals surface area contributed by atoms with E-state index in [-0.39, 0.29) is 6.61 Å². The first-order valence-electron chi connectivity index (χ1n) is 3.95. The van der Waals surface area contributed by atoms with Gasteiger partial charge in [0.1, 0.15) is 0 Å². The molecule has 1 heteroatoms. The Hall–Kier alpha value is -0.480. The maximum Gasteiger partial charge on any atom is 0.0931 e. The SMILES string of the molecule is CCCCCC#CCC[O]. The van der Waals surface area contributed by atoms with Crippen LogP contribution >= 0.6 is 0 Å². The summed E-state index contributed by atoms with van der Waals surface area (Å²) >= 11 is 0. The first kappa shape index (κ1) is 9.52. The molecule has 0 unspecified atom stereocenters. The minimum atomic E-state index is -0.0548. The van der Waals surface area contributed by atoms with Crippen molar-refractivity contribution in [2.24, 2.45) is 0 Å². The Balaban J connectivity index is 2.96. The van der Waals surface area contributed by atoms with Gasteiger partial charge in [-0.3, -0.25) is 0 Å². The van der Waals surface area contributed by atoms with Gasteiger partial charge in [0.2, 0.25) is 0 Å². The summed E-state index contributed by atoms with van der Waals surface area (Å²) in [5.74, 6) is 5.80. The van der Waals surface area contributed by atoms with Gasteiger partial charge in [-0.25, -0.2) is 5.11 Å². The molecule has 0 aromatic heterocycles. The van der Waals surface area contributed by atoms with Crippen molar-refractivity contribution in [1.82, 2.24) is 0 Å². The summed E-state index contributed by atoms with van der Waals surface area (Å²) in [4.78, 5) is 0. The number of unbranched alkanes of at least 4 members (excludes halogenated alkanes) is 3. The Morgan fingerprint density at radius 1 is 1.10 bits per heavy atom. The molecule has 0 saturated carbocycles. The Labute approximate surface area is 63.5 Å². The van der Waals surface area contributed by atoms with E-state index >= 15 is 0 Å². The molecule has 0 aliphatic carbocycles. The first-order chi connectivity index (χ1) is 4.91. The second-order valence-electron chi connectivity index (χ2n) is 2.26. The highest BCUT2D eigenvalue weighted by molar-refractivity contribution is 4.98. The minimum absolute atomic E-state index is 0.0548. The summed E-state index contributed by atoms with van der Waals surface area (Å²) in [5.41, 5.74) is 0. The van der Waals surface area contributed by atoms with Crippen molar-refractivity contribution in [2.75, 3.05) is 6.61 Å². The fourth-order valence-electron chi connectivity index (χ4n) is 0.691. The summed E-state index contributed by atoms with van der Waals surface area (Å²) < 4.78 is 0. The van der Waals surface area contributed by atoms with Crippen LogP contribution in [0.3, 0.4) is 0 Å². The van der Waals surface area contributed by atoms with Gasteiger partial charge in [-0.2, -0.15) is 0 Å². The zero-order valence-corrected chi connectivity index (χ0v) is 6.65. The summed E-state index contributed by atoms with van der Waals surface area (Å²) in [6, 6.07) is 0. The second-order valence-corrected chi connectivity index (χ2v) is 2.26. The third kappa shape index (κ3) is 7.52. The molecule has 0 aromatic carbocycles. The summed E-state index contributed by atoms with van der Waals surface area (Å²) in [5, 5.41) is 9.92. The Morgan fingerprint density at radius 2 is 1.80 bits per heavy atom. The minimum Gasteiger partial charge on any atom is -0.236 e. The molecule has 0 aliphatic heterocycles. The second kappa shape index (κ2) is 8.52. The highest BCUT2D eigenvalue weighted by Gasteiger charge is 1.80. The van der Waals surface area contributed by atoms with Crippen molar-refractivity contribution >= 4 is 0 Å². The molecule has 1 nitrogen and oxygen atoms in total. The topological polar surface area (TPSA) is 19.9 Å². The smallest absolute Gasteiger partial charge is 0.0931 e. The molecular weight excluding hydrogens is 124 g/mol. The average Bonchev–Trinajstić information content (AvgIpc) is 1.97. The molecule has 0 atom stereocenters. The molecule has 0 bridgehead atoms. The standard InChI is InChI=1S/C9H15O/c1-2-3-4-5-6-7-8-9-10/h2-5,8-9H2,1H3. The molecule has 0 heterocycles. The maximum absolute atomic E-state index is 9.92. The van der Waals surface area contributed by atoms with Crippen molar-refractivity contribution in [3.05, 3.63) is 0 Å². The van der Waals surface area contributed by atoms with Crippen molar-refractivity contribution in [3.8, 4) is 11.8 Å². The van der Waals surface area contributed by atoms with Crippen molar-refractivity contribution in [2.45, 2.75) is 39.0 Å². The zero-order chi connectivity index (χ0) is 7.66. The number of rotatable bonds is 4. The quantitative estimate of drug-likeness (QED) is 0.421. The van der Waals surface area contributed by atoms with Gasteiger partial charge >= 0.3 is 0 Å². The van der Waals surface area contributed by atoms with Gasteiger partial charge in [-0.05, 0) is 6.42 Å². The third-order valence-corrected chi connectivity index (χ3v) is 1.26. The summed E-state index contributed by atoms with van der Waals surface area (Å²) in [6.07, 6.45) is 5.16. The summed E-state index contributed by atoms with van der Waals surface area (Å²) in [6.45, 7) is 2.12. The van der Waals surface area contributed by atoms with E-state index in [1.165, 1.54) is 19.3 Å². The molecule has 0 aliphatic rings. The van der Waals surface area contributed by atoms with Gasteiger partial charge in [-0.1, -0.05) is 19.8 Å². The van der Waals surface area contributed by atoms with Crippen molar-refractivity contribution < 1.29 is 5.11 Å².